The molecule has 1 aromatic rings. The van der Waals surface area contributed by atoms with Crippen molar-refractivity contribution in [1.29, 1.82) is 0 Å². The summed E-state index contributed by atoms with van der Waals surface area (Å²) in [6.07, 6.45) is 0. The third-order valence-corrected chi connectivity index (χ3v) is 2.39. The Morgan fingerprint density at radius 3 is 2.58 bits per heavy atom. The molecule has 2 rings (SSSR count). The Balaban J connectivity index is 0.000000861. The van der Waals surface area contributed by atoms with Crippen molar-refractivity contribution < 1.29 is 4.79 Å². The first kappa shape index (κ1) is 15.2. The van der Waals surface area contributed by atoms with Gasteiger partial charge in [0.1, 0.15) is 5.82 Å². The molecule has 6 heteroatoms. The lowest BCUT2D eigenvalue weighted by molar-refractivity contribution is 0.252. The van der Waals surface area contributed by atoms with Crippen LogP contribution in [-0.4, -0.2) is 35.1 Å². The lowest BCUT2D eigenvalue weighted by Crippen LogP contribution is -2.29. The Bertz CT molecular complexity index is 433. The van der Waals surface area contributed by atoms with Crippen molar-refractivity contribution in [3.8, 4) is 0 Å². The summed E-state index contributed by atoms with van der Waals surface area (Å²) in [6.45, 7) is 11.2. The van der Waals surface area contributed by atoms with Crippen LogP contribution in [0.25, 0.3) is 0 Å². The van der Waals surface area contributed by atoms with Gasteiger partial charge in [-0.05, 0) is 20.8 Å². The smallest absolute Gasteiger partial charge is 0.323 e. The highest BCUT2D eigenvalue weighted by Gasteiger charge is 2.23. The summed E-state index contributed by atoms with van der Waals surface area (Å²) in [4.78, 5) is 21.8. The second-order valence-corrected chi connectivity index (χ2v) is 4.37. The fourth-order valence-corrected chi connectivity index (χ4v) is 1.70. The van der Waals surface area contributed by atoms with Crippen LogP contribution in [0.5, 0.6) is 0 Å². The van der Waals surface area contributed by atoms with Gasteiger partial charge in [-0.3, -0.25) is 4.90 Å². The lowest BCUT2D eigenvalue weighted by Gasteiger charge is -2.16. The standard InChI is InChI=1S/C11H17N5O.C2H6/c1-7(2)13-10-14-8(3)6-9(15-10)16-5-4-12-11(16)17;1-2/h6-7H,4-5H2,1-3H3,(H,12,17)(H,13,14,15);1-2H3. The molecule has 1 aliphatic rings. The zero-order valence-electron chi connectivity index (χ0n) is 12.3. The fourth-order valence-electron chi connectivity index (χ4n) is 1.70. The Morgan fingerprint density at radius 2 is 2.05 bits per heavy atom. The van der Waals surface area contributed by atoms with Gasteiger partial charge in [-0.2, -0.15) is 4.98 Å². The van der Waals surface area contributed by atoms with E-state index in [4.69, 9.17) is 0 Å². The van der Waals surface area contributed by atoms with Gasteiger partial charge in [0.2, 0.25) is 5.95 Å². The molecular weight excluding hydrogens is 242 g/mol. The van der Waals surface area contributed by atoms with E-state index in [1.54, 1.807) is 4.90 Å². The number of urea groups is 1. The first-order valence-electron chi connectivity index (χ1n) is 6.74. The quantitative estimate of drug-likeness (QED) is 0.878. The second kappa shape index (κ2) is 6.92. The number of carbonyl (C=O) groups is 1. The fraction of sp³-hybridized carbons (Fsp3) is 0.615. The molecule has 6 nitrogen and oxygen atoms in total. The molecule has 0 radical (unpaired) electrons. The maximum Gasteiger partial charge on any atom is 0.323 e. The van der Waals surface area contributed by atoms with E-state index in [2.05, 4.69) is 20.6 Å². The van der Waals surface area contributed by atoms with Gasteiger partial charge < -0.3 is 10.6 Å². The van der Waals surface area contributed by atoms with Crippen molar-refractivity contribution in [2.45, 2.75) is 40.7 Å². The van der Waals surface area contributed by atoms with Gasteiger partial charge in [0.05, 0.1) is 0 Å². The predicted molar refractivity (Wildman–Crippen MR) is 77.6 cm³/mol. The molecule has 0 aliphatic carbocycles. The average Bonchev–Trinajstić information content (AvgIpc) is 2.76. The van der Waals surface area contributed by atoms with E-state index in [1.807, 2.05) is 40.7 Å². The number of hydrogen-bond donors (Lipinski definition) is 2. The SMILES string of the molecule is CC.Cc1cc(N2CCNC2=O)nc(NC(C)C)n1. The molecule has 2 N–H and O–H groups in total. The van der Waals surface area contributed by atoms with Crippen molar-refractivity contribution in [1.82, 2.24) is 15.3 Å². The number of hydrogen-bond acceptors (Lipinski definition) is 4. The number of amides is 2. The van der Waals surface area contributed by atoms with Crippen LogP contribution in [0.3, 0.4) is 0 Å². The maximum absolute atomic E-state index is 11.6. The molecule has 0 aromatic carbocycles. The van der Waals surface area contributed by atoms with Crippen LogP contribution in [0, 0.1) is 6.92 Å². The van der Waals surface area contributed by atoms with E-state index in [0.29, 0.717) is 24.9 Å². The topological polar surface area (TPSA) is 70.2 Å². The predicted octanol–water partition coefficient (Wildman–Crippen LogP) is 2.16. The molecule has 2 heterocycles. The third kappa shape index (κ3) is 4.08. The van der Waals surface area contributed by atoms with Gasteiger partial charge in [0.25, 0.3) is 0 Å². The Morgan fingerprint density at radius 1 is 1.37 bits per heavy atom. The highest BCUT2D eigenvalue weighted by Crippen LogP contribution is 2.16. The minimum absolute atomic E-state index is 0.0985. The van der Waals surface area contributed by atoms with E-state index in [-0.39, 0.29) is 12.1 Å². The molecule has 0 unspecified atom stereocenters. The number of rotatable bonds is 3. The molecule has 2 amide bonds. The summed E-state index contributed by atoms with van der Waals surface area (Å²) in [5.74, 6) is 1.21. The summed E-state index contributed by atoms with van der Waals surface area (Å²) < 4.78 is 0. The van der Waals surface area contributed by atoms with Gasteiger partial charge in [0, 0.05) is 30.9 Å². The minimum Gasteiger partial charge on any atom is -0.352 e. The Kier molecular flexibility index (Phi) is 5.54. The molecule has 106 valence electrons. The minimum atomic E-state index is -0.0985. The second-order valence-electron chi connectivity index (χ2n) is 4.37. The van der Waals surface area contributed by atoms with Crippen LogP contribution < -0.4 is 15.5 Å². The summed E-state index contributed by atoms with van der Waals surface area (Å²) in [7, 11) is 0. The largest absolute Gasteiger partial charge is 0.352 e. The number of carbonyl (C=O) groups excluding carboxylic acids is 1. The van der Waals surface area contributed by atoms with Crippen molar-refractivity contribution in [3.05, 3.63) is 11.8 Å². The Labute approximate surface area is 114 Å². The Hall–Kier alpha value is -1.85. The summed E-state index contributed by atoms with van der Waals surface area (Å²) in [5, 5.41) is 5.90. The van der Waals surface area contributed by atoms with Crippen molar-refractivity contribution in [2.24, 2.45) is 0 Å². The van der Waals surface area contributed by atoms with Crippen LogP contribution in [0.4, 0.5) is 16.6 Å². The van der Waals surface area contributed by atoms with Crippen molar-refractivity contribution in [3.63, 3.8) is 0 Å². The zero-order chi connectivity index (χ0) is 14.4. The van der Waals surface area contributed by atoms with Crippen LogP contribution in [0.1, 0.15) is 33.4 Å². The van der Waals surface area contributed by atoms with E-state index in [1.165, 1.54) is 0 Å². The van der Waals surface area contributed by atoms with Crippen LogP contribution >= 0.6 is 0 Å². The molecule has 19 heavy (non-hydrogen) atoms. The first-order chi connectivity index (χ1) is 9.06. The van der Waals surface area contributed by atoms with Crippen LogP contribution in [0.2, 0.25) is 0 Å². The van der Waals surface area contributed by atoms with E-state index in [0.717, 1.165) is 5.69 Å². The maximum atomic E-state index is 11.6. The number of aromatic nitrogens is 2. The summed E-state index contributed by atoms with van der Waals surface area (Å²) in [5.41, 5.74) is 0.845. The van der Waals surface area contributed by atoms with Gasteiger partial charge in [-0.15, -0.1) is 0 Å². The van der Waals surface area contributed by atoms with Crippen LogP contribution in [0.15, 0.2) is 6.07 Å². The molecule has 0 atom stereocenters. The zero-order valence-corrected chi connectivity index (χ0v) is 12.3. The normalized spacial score (nSPS) is 14.0. The lowest BCUT2D eigenvalue weighted by atomic mass is 10.4. The number of anilines is 2. The van der Waals surface area contributed by atoms with Crippen LogP contribution in [-0.2, 0) is 0 Å². The summed E-state index contributed by atoms with van der Waals surface area (Å²) >= 11 is 0. The average molecular weight is 265 g/mol. The van der Waals surface area contributed by atoms with Crippen molar-refractivity contribution in [2.75, 3.05) is 23.3 Å². The van der Waals surface area contributed by atoms with Gasteiger partial charge in [0.15, 0.2) is 0 Å². The molecule has 0 spiro atoms. The van der Waals surface area contributed by atoms with E-state index in [9.17, 15) is 4.79 Å². The molecule has 0 saturated carbocycles. The number of nitrogens with zero attached hydrogens (tertiary/aromatic N) is 3. The molecule has 1 aliphatic heterocycles. The first-order valence-corrected chi connectivity index (χ1v) is 6.74. The molecule has 1 saturated heterocycles. The monoisotopic (exact) mass is 265 g/mol. The number of aryl methyl sites for hydroxylation is 1. The van der Waals surface area contributed by atoms with Crippen molar-refractivity contribution >= 4 is 17.8 Å². The van der Waals surface area contributed by atoms with E-state index >= 15 is 0 Å². The van der Waals surface area contributed by atoms with Gasteiger partial charge in [-0.1, -0.05) is 13.8 Å². The van der Waals surface area contributed by atoms with E-state index < -0.39 is 0 Å². The highest BCUT2D eigenvalue weighted by atomic mass is 16.2. The third-order valence-electron chi connectivity index (χ3n) is 2.39. The molecule has 1 aromatic heterocycles. The molecular formula is C13H23N5O. The number of nitrogens with one attached hydrogen (secondary N) is 2. The van der Waals surface area contributed by atoms with Gasteiger partial charge >= 0.3 is 6.03 Å². The molecule has 1 fully saturated rings. The highest BCUT2D eigenvalue weighted by molar-refractivity contribution is 5.93. The summed E-state index contributed by atoms with van der Waals surface area (Å²) in [6, 6.07) is 1.98. The molecule has 0 bridgehead atoms. The van der Waals surface area contributed by atoms with Gasteiger partial charge in [-0.25, -0.2) is 9.78 Å².